The van der Waals surface area contributed by atoms with E-state index in [-0.39, 0.29) is 23.3 Å². The molecule has 0 saturated heterocycles. The SMILES string of the molecule is O=C(CSc1ccc(NC(=O)/C(=C/c2ccc(Br)cc2)NC(=O)c2ccccc2)cc1)Nc1ccc(I)cc1. The quantitative estimate of drug-likeness (QED) is 0.0975. The number of hydrogen-bond acceptors (Lipinski definition) is 4. The third kappa shape index (κ3) is 9.09. The van der Waals surface area contributed by atoms with Crippen molar-refractivity contribution < 1.29 is 14.4 Å². The van der Waals surface area contributed by atoms with E-state index in [1.807, 2.05) is 66.7 Å². The number of halogens is 2. The Morgan fingerprint density at radius 3 is 2.05 bits per heavy atom. The molecule has 196 valence electrons. The van der Waals surface area contributed by atoms with Crippen LogP contribution in [-0.2, 0) is 9.59 Å². The summed E-state index contributed by atoms with van der Waals surface area (Å²) in [7, 11) is 0. The summed E-state index contributed by atoms with van der Waals surface area (Å²) in [5, 5.41) is 8.45. The lowest BCUT2D eigenvalue weighted by Gasteiger charge is -2.12. The highest BCUT2D eigenvalue weighted by molar-refractivity contribution is 14.1. The lowest BCUT2D eigenvalue weighted by atomic mass is 10.1. The summed E-state index contributed by atoms with van der Waals surface area (Å²) in [6.45, 7) is 0. The number of benzene rings is 4. The molecule has 0 aliphatic heterocycles. The Labute approximate surface area is 252 Å². The van der Waals surface area contributed by atoms with E-state index in [4.69, 9.17) is 0 Å². The van der Waals surface area contributed by atoms with Crippen LogP contribution in [0.25, 0.3) is 6.08 Å². The van der Waals surface area contributed by atoms with Crippen molar-refractivity contribution in [2.75, 3.05) is 16.4 Å². The van der Waals surface area contributed by atoms with Crippen molar-refractivity contribution in [3.63, 3.8) is 0 Å². The molecule has 3 N–H and O–H groups in total. The smallest absolute Gasteiger partial charge is 0.272 e. The van der Waals surface area contributed by atoms with Gasteiger partial charge in [-0.25, -0.2) is 0 Å². The molecular weight excluding hydrogens is 689 g/mol. The zero-order valence-corrected chi connectivity index (χ0v) is 25.0. The van der Waals surface area contributed by atoms with Crippen molar-refractivity contribution in [2.24, 2.45) is 0 Å². The molecule has 3 amide bonds. The maximum atomic E-state index is 13.2. The minimum Gasteiger partial charge on any atom is -0.325 e. The molecule has 4 aromatic carbocycles. The normalized spacial score (nSPS) is 11.0. The van der Waals surface area contributed by atoms with Crippen LogP contribution in [-0.4, -0.2) is 23.5 Å². The van der Waals surface area contributed by atoms with E-state index in [1.54, 1.807) is 42.5 Å². The number of hydrogen-bond donors (Lipinski definition) is 3. The Kier molecular flexibility index (Phi) is 10.3. The average Bonchev–Trinajstić information content (AvgIpc) is 2.95. The van der Waals surface area contributed by atoms with Gasteiger partial charge in [0.1, 0.15) is 5.70 Å². The fourth-order valence-corrected chi connectivity index (χ4v) is 4.70. The summed E-state index contributed by atoms with van der Waals surface area (Å²) in [6.07, 6.45) is 1.62. The lowest BCUT2D eigenvalue weighted by Crippen LogP contribution is -2.30. The predicted octanol–water partition coefficient (Wildman–Crippen LogP) is 7.19. The van der Waals surface area contributed by atoms with Gasteiger partial charge in [-0.15, -0.1) is 11.8 Å². The number of anilines is 2. The van der Waals surface area contributed by atoms with Crippen LogP contribution in [0.5, 0.6) is 0 Å². The summed E-state index contributed by atoms with van der Waals surface area (Å²) in [5.41, 5.74) is 2.62. The van der Waals surface area contributed by atoms with E-state index in [1.165, 1.54) is 11.8 Å². The van der Waals surface area contributed by atoms with Gasteiger partial charge in [-0.3, -0.25) is 14.4 Å². The van der Waals surface area contributed by atoms with E-state index in [0.717, 1.165) is 24.2 Å². The second-order valence-corrected chi connectivity index (χ2v) is 11.5. The van der Waals surface area contributed by atoms with Crippen molar-refractivity contribution in [1.29, 1.82) is 0 Å². The third-order valence-corrected chi connectivity index (χ3v) is 7.58. The monoisotopic (exact) mass is 711 g/mol. The van der Waals surface area contributed by atoms with Crippen molar-refractivity contribution >= 4 is 85.5 Å². The average molecular weight is 712 g/mol. The van der Waals surface area contributed by atoms with Gasteiger partial charge in [-0.1, -0.05) is 46.3 Å². The molecule has 0 unspecified atom stereocenters. The summed E-state index contributed by atoms with van der Waals surface area (Å²) in [6, 6.07) is 30.9. The Morgan fingerprint density at radius 1 is 0.769 bits per heavy atom. The number of rotatable bonds is 9. The molecule has 0 spiro atoms. The Morgan fingerprint density at radius 2 is 1.38 bits per heavy atom. The Balaban J connectivity index is 1.39. The van der Waals surface area contributed by atoms with Gasteiger partial charge in [0.2, 0.25) is 5.91 Å². The number of nitrogens with one attached hydrogen (secondary N) is 3. The molecule has 0 fully saturated rings. The molecular formula is C30H23BrIN3O3S. The fourth-order valence-electron chi connectivity index (χ4n) is 3.38. The minimum atomic E-state index is -0.459. The predicted molar refractivity (Wildman–Crippen MR) is 170 cm³/mol. The number of thioether (sulfide) groups is 1. The molecule has 4 rings (SSSR count). The summed E-state index contributed by atoms with van der Waals surface area (Å²) < 4.78 is 2.01. The van der Waals surface area contributed by atoms with Gasteiger partial charge >= 0.3 is 0 Å². The van der Waals surface area contributed by atoms with E-state index in [0.29, 0.717) is 11.3 Å². The van der Waals surface area contributed by atoms with Crippen LogP contribution in [0.3, 0.4) is 0 Å². The molecule has 0 radical (unpaired) electrons. The van der Waals surface area contributed by atoms with Crippen LogP contribution in [0.2, 0.25) is 0 Å². The molecule has 0 atom stereocenters. The van der Waals surface area contributed by atoms with Gasteiger partial charge in [0.05, 0.1) is 5.75 Å². The van der Waals surface area contributed by atoms with Gasteiger partial charge in [0, 0.05) is 29.9 Å². The van der Waals surface area contributed by atoms with Crippen molar-refractivity contribution in [3.8, 4) is 0 Å². The number of carbonyl (C=O) groups excluding carboxylic acids is 3. The van der Waals surface area contributed by atoms with Gasteiger partial charge in [0.15, 0.2) is 0 Å². The molecule has 6 nitrogen and oxygen atoms in total. The van der Waals surface area contributed by atoms with E-state index >= 15 is 0 Å². The molecule has 4 aromatic rings. The maximum absolute atomic E-state index is 13.2. The third-order valence-electron chi connectivity index (χ3n) is 5.32. The molecule has 0 bridgehead atoms. The number of carbonyl (C=O) groups is 3. The highest BCUT2D eigenvalue weighted by Gasteiger charge is 2.15. The largest absolute Gasteiger partial charge is 0.325 e. The van der Waals surface area contributed by atoms with E-state index in [2.05, 4.69) is 54.5 Å². The molecule has 0 heterocycles. The highest BCUT2D eigenvalue weighted by Crippen LogP contribution is 2.22. The number of amides is 3. The lowest BCUT2D eigenvalue weighted by molar-refractivity contribution is -0.114. The van der Waals surface area contributed by atoms with Crippen LogP contribution < -0.4 is 16.0 Å². The second-order valence-electron chi connectivity index (χ2n) is 8.25. The van der Waals surface area contributed by atoms with Gasteiger partial charge in [-0.2, -0.15) is 0 Å². The van der Waals surface area contributed by atoms with Gasteiger partial charge in [0.25, 0.3) is 11.8 Å². The molecule has 9 heteroatoms. The zero-order chi connectivity index (χ0) is 27.6. The molecule has 0 aliphatic rings. The van der Waals surface area contributed by atoms with Crippen LogP contribution in [0.1, 0.15) is 15.9 Å². The van der Waals surface area contributed by atoms with Crippen molar-refractivity contribution in [3.05, 3.63) is 128 Å². The van der Waals surface area contributed by atoms with E-state index < -0.39 is 5.91 Å². The van der Waals surface area contributed by atoms with Gasteiger partial charge in [-0.05, 0) is 107 Å². The first-order valence-corrected chi connectivity index (χ1v) is 14.6. The molecule has 0 aromatic heterocycles. The van der Waals surface area contributed by atoms with Crippen LogP contribution in [0.15, 0.2) is 118 Å². The van der Waals surface area contributed by atoms with Crippen LogP contribution in [0.4, 0.5) is 11.4 Å². The standard InChI is InChI=1S/C30H23BrIN3O3S/c31-22-8-6-20(7-9-22)18-27(35-29(37)21-4-2-1-3-5-21)30(38)34-25-14-16-26(17-15-25)39-19-28(36)33-24-12-10-23(32)11-13-24/h1-18H,19H2,(H,33,36)(H,34,38)(H,35,37)/b27-18-. The summed E-state index contributed by atoms with van der Waals surface area (Å²) in [5.74, 6) is -0.692. The highest BCUT2D eigenvalue weighted by atomic mass is 127. The summed E-state index contributed by atoms with van der Waals surface area (Å²) in [4.78, 5) is 39.1. The minimum absolute atomic E-state index is 0.101. The van der Waals surface area contributed by atoms with Crippen LogP contribution >= 0.6 is 50.3 Å². The van der Waals surface area contributed by atoms with E-state index in [9.17, 15) is 14.4 Å². The Hall–Kier alpha value is -3.41. The molecule has 0 aliphatic carbocycles. The zero-order valence-electron chi connectivity index (χ0n) is 20.5. The second kappa shape index (κ2) is 14.1. The molecule has 39 heavy (non-hydrogen) atoms. The van der Waals surface area contributed by atoms with Gasteiger partial charge < -0.3 is 16.0 Å². The van der Waals surface area contributed by atoms with Crippen LogP contribution in [0, 0.1) is 3.57 Å². The maximum Gasteiger partial charge on any atom is 0.272 e. The molecule has 0 saturated carbocycles. The summed E-state index contributed by atoms with van der Waals surface area (Å²) >= 11 is 7.01. The van der Waals surface area contributed by atoms with Crippen molar-refractivity contribution in [1.82, 2.24) is 5.32 Å². The first-order chi connectivity index (χ1) is 18.9. The first-order valence-electron chi connectivity index (χ1n) is 11.8. The topological polar surface area (TPSA) is 87.3 Å². The Bertz CT molecular complexity index is 1480. The fraction of sp³-hybridized carbons (Fsp3) is 0.0333. The van der Waals surface area contributed by atoms with Crippen molar-refractivity contribution in [2.45, 2.75) is 4.90 Å². The first kappa shape index (κ1) is 28.6.